The Bertz CT molecular complexity index is 627. The van der Waals surface area contributed by atoms with E-state index in [4.69, 9.17) is 36.1 Å². The van der Waals surface area contributed by atoms with Crippen molar-refractivity contribution < 1.29 is 24.1 Å². The van der Waals surface area contributed by atoms with Crippen LogP contribution in [0.5, 0.6) is 5.75 Å². The van der Waals surface area contributed by atoms with Gasteiger partial charge < -0.3 is 24.1 Å². The van der Waals surface area contributed by atoms with Gasteiger partial charge in [0.25, 0.3) is 0 Å². The summed E-state index contributed by atoms with van der Waals surface area (Å²) in [6.07, 6.45) is 0. The third-order valence-electron chi connectivity index (χ3n) is 2.86. The maximum atomic E-state index is 9.37. The van der Waals surface area contributed by atoms with Crippen LogP contribution in [0.1, 0.15) is 5.56 Å². The summed E-state index contributed by atoms with van der Waals surface area (Å²) in [7, 11) is 0. The smallest absolute Gasteiger partial charge is 0.116 e. The summed E-state index contributed by atoms with van der Waals surface area (Å²) in [5, 5.41) is 13.2. The molecule has 1 aromatic carbocycles. The van der Waals surface area contributed by atoms with Gasteiger partial charge in [-0.2, -0.15) is 0 Å². The molecule has 0 radical (unpaired) electrons. The Kier molecular flexibility index (Phi) is 13.0. The SMILES string of the molecule is [N-]=[N+]=NCCOCCOCCOCCOCC#Cc1cc(O)ccc1Cl. The van der Waals surface area contributed by atoms with Crippen molar-refractivity contribution in [2.45, 2.75) is 0 Å². The summed E-state index contributed by atoms with van der Waals surface area (Å²) in [5.74, 6) is 5.78. The highest BCUT2D eigenvalue weighted by molar-refractivity contribution is 6.31. The number of phenols is 1. The molecule has 0 amide bonds. The number of phenolic OH excluding ortho intramolecular Hbond substituents is 1. The van der Waals surface area contributed by atoms with Gasteiger partial charge in [-0.1, -0.05) is 28.6 Å². The summed E-state index contributed by atoms with van der Waals surface area (Å²) < 4.78 is 21.1. The molecule has 0 heterocycles. The molecule has 142 valence electrons. The van der Waals surface area contributed by atoms with Crippen molar-refractivity contribution in [2.75, 3.05) is 59.4 Å². The van der Waals surface area contributed by atoms with Gasteiger partial charge in [-0.15, -0.1) is 0 Å². The van der Waals surface area contributed by atoms with Gasteiger partial charge >= 0.3 is 0 Å². The molecule has 0 bridgehead atoms. The van der Waals surface area contributed by atoms with Gasteiger partial charge in [-0.3, -0.25) is 0 Å². The van der Waals surface area contributed by atoms with Crippen LogP contribution in [0, 0.1) is 11.8 Å². The quantitative estimate of drug-likeness (QED) is 0.185. The number of nitrogens with zero attached hydrogens (tertiary/aromatic N) is 3. The van der Waals surface area contributed by atoms with Gasteiger partial charge in [0, 0.05) is 17.0 Å². The first kappa shape index (κ1) is 22.1. The van der Waals surface area contributed by atoms with Gasteiger partial charge in [-0.25, -0.2) is 0 Å². The van der Waals surface area contributed by atoms with E-state index in [1.165, 1.54) is 12.1 Å². The van der Waals surface area contributed by atoms with Crippen molar-refractivity contribution in [1.29, 1.82) is 0 Å². The third-order valence-corrected chi connectivity index (χ3v) is 3.19. The molecule has 0 atom stereocenters. The molecule has 1 rings (SSSR count). The van der Waals surface area contributed by atoms with E-state index in [1.54, 1.807) is 6.07 Å². The molecule has 0 saturated carbocycles. The van der Waals surface area contributed by atoms with Crippen LogP contribution in [0.2, 0.25) is 5.02 Å². The second-order valence-electron chi connectivity index (χ2n) is 4.81. The van der Waals surface area contributed by atoms with E-state index < -0.39 is 0 Å². The summed E-state index contributed by atoms with van der Waals surface area (Å²) in [6, 6.07) is 4.60. The molecule has 0 unspecified atom stereocenters. The second-order valence-corrected chi connectivity index (χ2v) is 5.22. The average Bonchev–Trinajstić information content (AvgIpc) is 2.64. The van der Waals surface area contributed by atoms with E-state index in [0.717, 1.165) is 0 Å². The van der Waals surface area contributed by atoms with Crippen molar-refractivity contribution in [1.82, 2.24) is 0 Å². The predicted molar refractivity (Wildman–Crippen MR) is 97.3 cm³/mol. The maximum absolute atomic E-state index is 9.37. The normalized spacial score (nSPS) is 10.0. The minimum Gasteiger partial charge on any atom is -0.508 e. The van der Waals surface area contributed by atoms with Crippen molar-refractivity contribution in [3.8, 4) is 17.6 Å². The first-order chi connectivity index (χ1) is 12.7. The summed E-state index contributed by atoms with van der Waals surface area (Å²) in [4.78, 5) is 2.62. The highest BCUT2D eigenvalue weighted by atomic mass is 35.5. The number of aromatic hydroxyl groups is 1. The molecule has 0 aromatic heterocycles. The molecular weight excluding hydrogens is 362 g/mol. The molecule has 0 aliphatic carbocycles. The van der Waals surface area contributed by atoms with Crippen LogP contribution in [0.25, 0.3) is 10.4 Å². The molecule has 26 heavy (non-hydrogen) atoms. The first-order valence-electron chi connectivity index (χ1n) is 8.03. The molecule has 9 heteroatoms. The Labute approximate surface area is 157 Å². The average molecular weight is 384 g/mol. The van der Waals surface area contributed by atoms with E-state index >= 15 is 0 Å². The third kappa shape index (κ3) is 11.6. The van der Waals surface area contributed by atoms with E-state index in [-0.39, 0.29) is 12.4 Å². The Morgan fingerprint density at radius 1 is 1.00 bits per heavy atom. The van der Waals surface area contributed by atoms with E-state index in [0.29, 0.717) is 63.4 Å². The van der Waals surface area contributed by atoms with Crippen molar-refractivity contribution in [3.05, 3.63) is 39.2 Å². The number of halogens is 1. The molecule has 0 fully saturated rings. The lowest BCUT2D eigenvalue weighted by Crippen LogP contribution is -2.12. The number of hydrogen-bond donors (Lipinski definition) is 1. The monoisotopic (exact) mass is 383 g/mol. The molecule has 0 aliphatic rings. The number of ether oxygens (including phenoxy) is 4. The van der Waals surface area contributed by atoms with Crippen molar-refractivity contribution in [3.63, 3.8) is 0 Å². The van der Waals surface area contributed by atoms with Crippen LogP contribution in [-0.2, 0) is 18.9 Å². The van der Waals surface area contributed by atoms with Gasteiger partial charge in [-0.05, 0) is 23.7 Å². The van der Waals surface area contributed by atoms with Crippen LogP contribution < -0.4 is 0 Å². The minimum atomic E-state index is 0.120. The second kappa shape index (κ2) is 15.3. The van der Waals surface area contributed by atoms with Crippen molar-refractivity contribution in [2.24, 2.45) is 5.11 Å². The van der Waals surface area contributed by atoms with Gasteiger partial charge in [0.2, 0.25) is 0 Å². The topological polar surface area (TPSA) is 106 Å². The van der Waals surface area contributed by atoms with Crippen LogP contribution in [0.4, 0.5) is 0 Å². The van der Waals surface area contributed by atoms with Gasteiger partial charge in [0.15, 0.2) is 0 Å². The number of azide groups is 1. The highest BCUT2D eigenvalue weighted by Crippen LogP contribution is 2.19. The summed E-state index contributed by atoms with van der Waals surface area (Å²) >= 11 is 5.96. The maximum Gasteiger partial charge on any atom is 0.116 e. The Hall–Kier alpha value is -1.98. The first-order valence-corrected chi connectivity index (χ1v) is 8.41. The fourth-order valence-corrected chi connectivity index (χ4v) is 1.84. The zero-order chi connectivity index (χ0) is 18.9. The highest BCUT2D eigenvalue weighted by Gasteiger charge is 1.97. The van der Waals surface area contributed by atoms with Gasteiger partial charge in [0.05, 0.1) is 51.3 Å². The number of rotatable bonds is 13. The summed E-state index contributed by atoms with van der Waals surface area (Å²) in [5.41, 5.74) is 8.63. The standard InChI is InChI=1S/C17H22ClN3O5/c18-17-4-3-16(22)14-15(17)2-1-6-23-8-10-25-12-13-26-11-9-24-7-5-20-21-19/h3-4,14,22H,5-13H2. The molecule has 0 spiro atoms. The summed E-state index contributed by atoms with van der Waals surface area (Å²) in [6.45, 7) is 3.68. The van der Waals surface area contributed by atoms with E-state index in [2.05, 4.69) is 21.9 Å². The fraction of sp³-hybridized carbons (Fsp3) is 0.529. The Balaban J connectivity index is 1.90. The Morgan fingerprint density at radius 3 is 2.27 bits per heavy atom. The number of benzene rings is 1. The lowest BCUT2D eigenvalue weighted by Gasteiger charge is -2.06. The zero-order valence-corrected chi connectivity index (χ0v) is 15.2. The molecule has 1 aromatic rings. The van der Waals surface area contributed by atoms with Gasteiger partial charge in [0.1, 0.15) is 12.4 Å². The van der Waals surface area contributed by atoms with Crippen LogP contribution >= 0.6 is 11.6 Å². The lowest BCUT2D eigenvalue weighted by molar-refractivity contribution is 0.00223. The van der Waals surface area contributed by atoms with Crippen LogP contribution in [0.3, 0.4) is 0 Å². The van der Waals surface area contributed by atoms with E-state index in [1.807, 2.05) is 0 Å². The van der Waals surface area contributed by atoms with Crippen LogP contribution in [0.15, 0.2) is 23.3 Å². The van der Waals surface area contributed by atoms with Crippen molar-refractivity contribution >= 4 is 11.6 Å². The Morgan fingerprint density at radius 2 is 1.62 bits per heavy atom. The van der Waals surface area contributed by atoms with Crippen LogP contribution in [-0.4, -0.2) is 64.5 Å². The molecule has 0 aliphatic heterocycles. The lowest BCUT2D eigenvalue weighted by atomic mass is 10.2. The molecular formula is C17H22ClN3O5. The fourth-order valence-electron chi connectivity index (χ4n) is 1.67. The molecule has 1 N–H and O–H groups in total. The largest absolute Gasteiger partial charge is 0.508 e. The van der Waals surface area contributed by atoms with E-state index in [9.17, 15) is 5.11 Å². The zero-order valence-electron chi connectivity index (χ0n) is 14.4. The molecule has 8 nitrogen and oxygen atoms in total. The number of hydrogen-bond acceptors (Lipinski definition) is 6. The molecule has 0 saturated heterocycles. The predicted octanol–water partition coefficient (Wildman–Crippen LogP) is 2.77. The minimum absolute atomic E-state index is 0.120.